The molecule has 1 N–H and O–H groups in total. The van der Waals surface area contributed by atoms with Crippen LogP contribution < -0.4 is 14.4 Å². The molecule has 144 valence electrons. The zero-order chi connectivity index (χ0) is 19.7. The molecule has 1 aliphatic rings. The molecule has 1 heterocycles. The number of sulfonamides is 1. The number of anilines is 2. The van der Waals surface area contributed by atoms with Crippen LogP contribution in [0.3, 0.4) is 0 Å². The smallest absolute Gasteiger partial charge is 0.404 e. The minimum Gasteiger partial charge on any atom is -0.404 e. The molecule has 0 bridgehead atoms. The summed E-state index contributed by atoms with van der Waals surface area (Å²) >= 11 is 0. The first-order valence-corrected chi connectivity index (χ1v) is 9.43. The van der Waals surface area contributed by atoms with Gasteiger partial charge in [0, 0.05) is 13.0 Å². The molecule has 10 heteroatoms. The average Bonchev–Trinajstić information content (AvgIpc) is 3.00. The Bertz CT molecular complexity index is 961. The second kappa shape index (κ2) is 7.10. The Morgan fingerprint density at radius 3 is 2.37 bits per heavy atom. The second-order valence-electron chi connectivity index (χ2n) is 5.77. The summed E-state index contributed by atoms with van der Waals surface area (Å²) in [6.07, 6.45) is -4.04. The lowest BCUT2D eigenvalue weighted by Crippen LogP contribution is -2.26. The van der Waals surface area contributed by atoms with Gasteiger partial charge in [-0.05, 0) is 30.7 Å². The van der Waals surface area contributed by atoms with Gasteiger partial charge < -0.3 is 9.64 Å². The Balaban J connectivity index is 1.96. The van der Waals surface area contributed by atoms with Gasteiger partial charge >= 0.3 is 6.36 Å². The molecular weight excluding hydrogens is 385 g/mol. The van der Waals surface area contributed by atoms with Crippen molar-refractivity contribution in [2.45, 2.75) is 24.1 Å². The molecule has 0 saturated carbocycles. The summed E-state index contributed by atoms with van der Waals surface area (Å²) in [4.78, 5) is 12.8. The van der Waals surface area contributed by atoms with Crippen LogP contribution in [0.25, 0.3) is 0 Å². The van der Waals surface area contributed by atoms with Gasteiger partial charge in [0.25, 0.3) is 10.0 Å². The standard InChI is InChI=1S/C17H15F3N2O4S/c18-17(19,20)26-14-8-3-4-9-15(14)27(24,25)21-12-6-1-2-7-13(12)22-11-5-10-16(22)23/h1-4,6-9,21H,5,10-11H2. The van der Waals surface area contributed by atoms with E-state index in [1.807, 2.05) is 0 Å². The Kier molecular flexibility index (Phi) is 5.01. The normalized spacial score (nSPS) is 15.1. The number of nitrogens with zero attached hydrogens (tertiary/aromatic N) is 1. The Labute approximate surface area is 153 Å². The summed E-state index contributed by atoms with van der Waals surface area (Å²) in [5.41, 5.74) is 0.437. The van der Waals surface area contributed by atoms with E-state index in [9.17, 15) is 26.4 Å². The number of para-hydroxylation sites is 3. The molecule has 1 fully saturated rings. The molecule has 27 heavy (non-hydrogen) atoms. The molecule has 2 aromatic rings. The van der Waals surface area contributed by atoms with Gasteiger partial charge in [-0.2, -0.15) is 0 Å². The summed E-state index contributed by atoms with van der Waals surface area (Å²) in [6, 6.07) is 10.6. The second-order valence-corrected chi connectivity index (χ2v) is 7.42. The maximum atomic E-state index is 12.7. The average molecular weight is 400 g/mol. The van der Waals surface area contributed by atoms with Crippen molar-refractivity contribution in [1.82, 2.24) is 0 Å². The lowest BCUT2D eigenvalue weighted by Gasteiger charge is -2.21. The molecule has 1 saturated heterocycles. The molecule has 2 aromatic carbocycles. The quantitative estimate of drug-likeness (QED) is 0.833. The Morgan fingerprint density at radius 2 is 1.70 bits per heavy atom. The van der Waals surface area contributed by atoms with Crippen molar-refractivity contribution in [2.24, 2.45) is 0 Å². The zero-order valence-corrected chi connectivity index (χ0v) is 14.7. The number of hydrogen-bond acceptors (Lipinski definition) is 4. The zero-order valence-electron chi connectivity index (χ0n) is 13.9. The van der Waals surface area contributed by atoms with Crippen molar-refractivity contribution in [1.29, 1.82) is 0 Å². The first kappa shape index (κ1) is 19.0. The predicted octanol–water partition coefficient (Wildman–Crippen LogP) is 3.51. The highest BCUT2D eigenvalue weighted by Gasteiger charge is 2.34. The van der Waals surface area contributed by atoms with Gasteiger partial charge in [0.15, 0.2) is 0 Å². The molecule has 1 aliphatic heterocycles. The number of carbonyl (C=O) groups is 1. The highest BCUT2D eigenvalue weighted by molar-refractivity contribution is 7.92. The van der Waals surface area contributed by atoms with E-state index in [2.05, 4.69) is 9.46 Å². The molecule has 1 amide bonds. The fourth-order valence-electron chi connectivity index (χ4n) is 2.78. The summed E-state index contributed by atoms with van der Waals surface area (Å²) in [7, 11) is -4.40. The molecule has 0 aliphatic carbocycles. The van der Waals surface area contributed by atoms with Crippen molar-refractivity contribution in [3.05, 3.63) is 48.5 Å². The molecule has 0 spiro atoms. The third kappa shape index (κ3) is 4.33. The summed E-state index contributed by atoms with van der Waals surface area (Å²) in [5, 5.41) is 0. The van der Waals surface area contributed by atoms with E-state index in [1.165, 1.54) is 23.1 Å². The van der Waals surface area contributed by atoms with Gasteiger partial charge in [0.05, 0.1) is 11.4 Å². The molecule has 0 aromatic heterocycles. The first-order valence-electron chi connectivity index (χ1n) is 7.94. The minimum atomic E-state index is -5.04. The van der Waals surface area contributed by atoms with Crippen LogP contribution in [0.5, 0.6) is 5.75 Å². The maximum Gasteiger partial charge on any atom is 0.573 e. The molecule has 6 nitrogen and oxygen atoms in total. The van der Waals surface area contributed by atoms with E-state index in [0.29, 0.717) is 25.1 Å². The summed E-state index contributed by atoms with van der Waals surface area (Å²) in [6.45, 7) is 0.436. The van der Waals surface area contributed by atoms with E-state index in [-0.39, 0.29) is 11.6 Å². The van der Waals surface area contributed by atoms with Crippen LogP contribution in [-0.2, 0) is 14.8 Å². The molecule has 3 rings (SSSR count). The number of halogens is 3. The molecular formula is C17H15F3N2O4S. The fourth-order valence-corrected chi connectivity index (χ4v) is 3.98. The van der Waals surface area contributed by atoms with E-state index in [1.54, 1.807) is 18.2 Å². The number of hydrogen-bond donors (Lipinski definition) is 1. The van der Waals surface area contributed by atoms with Gasteiger partial charge in [0.1, 0.15) is 10.6 Å². The molecule has 0 atom stereocenters. The van der Waals surface area contributed by atoms with Gasteiger partial charge in [-0.25, -0.2) is 8.42 Å². The number of ether oxygens (including phenoxy) is 1. The molecule has 0 radical (unpaired) electrons. The first-order chi connectivity index (χ1) is 12.7. The van der Waals surface area contributed by atoms with Crippen LogP contribution in [0.4, 0.5) is 24.5 Å². The highest BCUT2D eigenvalue weighted by atomic mass is 32.2. The van der Waals surface area contributed by atoms with E-state index < -0.39 is 27.0 Å². The Morgan fingerprint density at radius 1 is 1.04 bits per heavy atom. The van der Waals surface area contributed by atoms with Crippen molar-refractivity contribution >= 4 is 27.3 Å². The number of nitrogens with one attached hydrogen (secondary N) is 1. The van der Waals surface area contributed by atoms with Crippen LogP contribution >= 0.6 is 0 Å². The summed E-state index contributed by atoms with van der Waals surface area (Å²) < 4.78 is 69.2. The number of carbonyl (C=O) groups excluding carboxylic acids is 1. The third-order valence-corrected chi connectivity index (χ3v) is 5.28. The van der Waals surface area contributed by atoms with Crippen LogP contribution in [0.15, 0.2) is 53.4 Å². The van der Waals surface area contributed by atoms with Crippen LogP contribution in [0.1, 0.15) is 12.8 Å². The van der Waals surface area contributed by atoms with Gasteiger partial charge in [0.2, 0.25) is 5.91 Å². The molecule has 0 unspecified atom stereocenters. The SMILES string of the molecule is O=C1CCCN1c1ccccc1NS(=O)(=O)c1ccccc1OC(F)(F)F. The Hall–Kier alpha value is -2.75. The van der Waals surface area contributed by atoms with Crippen molar-refractivity contribution in [3.8, 4) is 5.75 Å². The fraction of sp³-hybridized carbons (Fsp3) is 0.235. The van der Waals surface area contributed by atoms with E-state index in [0.717, 1.165) is 12.1 Å². The topological polar surface area (TPSA) is 75.7 Å². The van der Waals surface area contributed by atoms with E-state index >= 15 is 0 Å². The lowest BCUT2D eigenvalue weighted by molar-refractivity contribution is -0.275. The monoisotopic (exact) mass is 400 g/mol. The largest absolute Gasteiger partial charge is 0.573 e. The number of benzene rings is 2. The number of rotatable bonds is 5. The number of alkyl halides is 3. The lowest BCUT2D eigenvalue weighted by atomic mass is 10.2. The van der Waals surface area contributed by atoms with E-state index in [4.69, 9.17) is 0 Å². The van der Waals surface area contributed by atoms with Gasteiger partial charge in [-0.1, -0.05) is 24.3 Å². The van der Waals surface area contributed by atoms with Crippen LogP contribution in [-0.4, -0.2) is 27.2 Å². The van der Waals surface area contributed by atoms with Crippen LogP contribution in [0, 0.1) is 0 Å². The third-order valence-electron chi connectivity index (χ3n) is 3.88. The predicted molar refractivity (Wildman–Crippen MR) is 92.0 cm³/mol. The van der Waals surface area contributed by atoms with Crippen LogP contribution in [0.2, 0.25) is 0 Å². The highest BCUT2D eigenvalue weighted by Crippen LogP contribution is 2.34. The number of amides is 1. The van der Waals surface area contributed by atoms with Gasteiger partial charge in [-0.3, -0.25) is 9.52 Å². The maximum absolute atomic E-state index is 12.7. The van der Waals surface area contributed by atoms with Crippen molar-refractivity contribution in [3.63, 3.8) is 0 Å². The van der Waals surface area contributed by atoms with Gasteiger partial charge in [-0.15, -0.1) is 13.2 Å². The minimum absolute atomic E-state index is 0.0922. The van der Waals surface area contributed by atoms with Crippen molar-refractivity contribution in [2.75, 3.05) is 16.2 Å². The van der Waals surface area contributed by atoms with Crippen molar-refractivity contribution < 1.29 is 31.1 Å². The summed E-state index contributed by atoms with van der Waals surface area (Å²) in [5.74, 6) is -0.991.